The van der Waals surface area contributed by atoms with Crippen LogP contribution >= 0.6 is 31.9 Å². The van der Waals surface area contributed by atoms with Crippen LogP contribution in [0.1, 0.15) is 18.7 Å². The topological polar surface area (TPSA) is 59.3 Å². The Labute approximate surface area is 128 Å². The molecule has 1 atom stereocenters. The molecule has 4 nitrogen and oxygen atoms in total. The van der Waals surface area contributed by atoms with Gasteiger partial charge in [0.1, 0.15) is 5.76 Å². The fourth-order valence-corrected chi connectivity index (χ4v) is 4.54. The van der Waals surface area contributed by atoms with Crippen molar-refractivity contribution in [3.8, 4) is 0 Å². The minimum atomic E-state index is -3.61. The van der Waals surface area contributed by atoms with Crippen molar-refractivity contribution in [2.24, 2.45) is 0 Å². The molecule has 0 spiro atoms. The number of hydrogen-bond acceptors (Lipinski definition) is 3. The molecule has 0 saturated heterocycles. The first-order chi connectivity index (χ1) is 8.90. The van der Waals surface area contributed by atoms with Gasteiger partial charge < -0.3 is 4.42 Å². The van der Waals surface area contributed by atoms with Gasteiger partial charge in [-0.15, -0.1) is 0 Å². The van der Waals surface area contributed by atoms with Crippen molar-refractivity contribution >= 4 is 41.9 Å². The number of benzene rings is 1. The first-order valence-electron chi connectivity index (χ1n) is 5.41. The van der Waals surface area contributed by atoms with E-state index in [2.05, 4.69) is 36.6 Å². The second-order valence-electron chi connectivity index (χ2n) is 3.93. The highest BCUT2D eigenvalue weighted by Crippen LogP contribution is 2.27. The lowest BCUT2D eigenvalue weighted by molar-refractivity contribution is 0.459. The molecule has 7 heteroatoms. The molecule has 102 valence electrons. The third kappa shape index (κ3) is 3.47. The molecule has 0 saturated carbocycles. The van der Waals surface area contributed by atoms with Gasteiger partial charge in [-0.05, 0) is 53.2 Å². The summed E-state index contributed by atoms with van der Waals surface area (Å²) in [5, 5.41) is 0. The van der Waals surface area contributed by atoms with Gasteiger partial charge in [0.05, 0.1) is 17.2 Å². The molecule has 1 unspecified atom stereocenters. The van der Waals surface area contributed by atoms with Crippen LogP contribution in [0.25, 0.3) is 0 Å². The molecule has 2 rings (SSSR count). The highest BCUT2D eigenvalue weighted by Gasteiger charge is 2.22. The van der Waals surface area contributed by atoms with E-state index in [1.807, 2.05) is 0 Å². The monoisotopic (exact) mass is 407 g/mol. The number of sulfonamides is 1. The summed E-state index contributed by atoms with van der Waals surface area (Å²) in [5.41, 5.74) is 0. The molecule has 1 aromatic carbocycles. The van der Waals surface area contributed by atoms with E-state index in [1.165, 1.54) is 12.3 Å². The molecule has 0 fully saturated rings. The molecule has 19 heavy (non-hydrogen) atoms. The highest BCUT2D eigenvalue weighted by molar-refractivity contribution is 9.11. The van der Waals surface area contributed by atoms with Crippen molar-refractivity contribution in [1.82, 2.24) is 4.72 Å². The van der Waals surface area contributed by atoms with Gasteiger partial charge in [-0.1, -0.05) is 15.9 Å². The van der Waals surface area contributed by atoms with Gasteiger partial charge in [-0.25, -0.2) is 13.1 Å². The zero-order chi connectivity index (χ0) is 14.0. The van der Waals surface area contributed by atoms with E-state index >= 15 is 0 Å². The Morgan fingerprint density at radius 1 is 1.26 bits per heavy atom. The predicted molar refractivity (Wildman–Crippen MR) is 79.3 cm³/mol. The number of nitrogens with one attached hydrogen (secondary N) is 1. The summed E-state index contributed by atoms with van der Waals surface area (Å²) >= 11 is 6.53. The Kier molecular flexibility index (Phi) is 4.50. The van der Waals surface area contributed by atoms with Gasteiger partial charge >= 0.3 is 0 Å². The average Bonchev–Trinajstić information content (AvgIpc) is 2.80. The summed E-state index contributed by atoms with van der Waals surface area (Å²) in [4.78, 5) is 0.189. The molecule has 0 aliphatic carbocycles. The van der Waals surface area contributed by atoms with Crippen LogP contribution in [0.5, 0.6) is 0 Å². The van der Waals surface area contributed by atoms with Crippen LogP contribution in [0.15, 0.2) is 54.9 Å². The Balaban J connectivity index is 2.28. The second kappa shape index (κ2) is 5.78. The normalized spacial score (nSPS) is 13.4. The van der Waals surface area contributed by atoms with Gasteiger partial charge in [0.2, 0.25) is 10.0 Å². The molecule has 0 aliphatic rings. The Bertz CT molecular complexity index is 668. The third-order valence-corrected chi connectivity index (χ3v) is 5.50. The van der Waals surface area contributed by atoms with E-state index in [0.717, 1.165) is 4.47 Å². The molecule has 1 heterocycles. The number of rotatable bonds is 4. The molecule has 0 aliphatic heterocycles. The summed E-state index contributed by atoms with van der Waals surface area (Å²) in [6.45, 7) is 1.73. The highest BCUT2D eigenvalue weighted by atomic mass is 79.9. The van der Waals surface area contributed by atoms with Gasteiger partial charge in [-0.3, -0.25) is 0 Å². The zero-order valence-electron chi connectivity index (χ0n) is 9.93. The zero-order valence-corrected chi connectivity index (χ0v) is 13.9. The molecule has 2 aromatic rings. The molecular weight excluding hydrogens is 398 g/mol. The maximum Gasteiger partial charge on any atom is 0.242 e. The van der Waals surface area contributed by atoms with Crippen LogP contribution in [-0.4, -0.2) is 8.42 Å². The summed E-state index contributed by atoms with van der Waals surface area (Å²) < 4.78 is 33.6. The smallest absolute Gasteiger partial charge is 0.242 e. The lowest BCUT2D eigenvalue weighted by atomic mass is 10.3. The molecule has 0 radical (unpaired) electrons. The van der Waals surface area contributed by atoms with E-state index in [-0.39, 0.29) is 4.90 Å². The Morgan fingerprint density at radius 3 is 2.58 bits per heavy atom. The predicted octanol–water partition coefficient (Wildman–Crippen LogP) is 3.84. The number of furan rings is 1. The van der Waals surface area contributed by atoms with E-state index in [9.17, 15) is 8.42 Å². The van der Waals surface area contributed by atoms with Crippen molar-refractivity contribution in [1.29, 1.82) is 0 Å². The van der Waals surface area contributed by atoms with Gasteiger partial charge in [0.15, 0.2) is 0 Å². The molecule has 0 bridgehead atoms. The minimum Gasteiger partial charge on any atom is -0.468 e. The van der Waals surface area contributed by atoms with E-state index in [4.69, 9.17) is 4.42 Å². The summed E-state index contributed by atoms with van der Waals surface area (Å²) in [6, 6.07) is 7.91. The first-order valence-corrected chi connectivity index (χ1v) is 8.48. The van der Waals surface area contributed by atoms with Crippen molar-refractivity contribution in [2.75, 3.05) is 0 Å². The van der Waals surface area contributed by atoms with Gasteiger partial charge in [0, 0.05) is 8.95 Å². The fourth-order valence-electron chi connectivity index (χ4n) is 1.59. The van der Waals surface area contributed by atoms with Crippen molar-refractivity contribution < 1.29 is 12.8 Å². The van der Waals surface area contributed by atoms with E-state index < -0.39 is 16.1 Å². The molecule has 1 aromatic heterocycles. The largest absolute Gasteiger partial charge is 0.468 e. The van der Waals surface area contributed by atoms with E-state index in [0.29, 0.717) is 10.2 Å². The van der Waals surface area contributed by atoms with Crippen molar-refractivity contribution in [3.05, 3.63) is 51.3 Å². The quantitative estimate of drug-likeness (QED) is 0.835. The van der Waals surface area contributed by atoms with Crippen LogP contribution in [0, 0.1) is 0 Å². The number of halogens is 2. The standard InChI is InChI=1S/C12H11Br2NO3S/c1-8(11-3-2-6-18-11)15-19(16,17)12-5-4-9(13)7-10(12)14/h2-8,15H,1H3. The third-order valence-electron chi connectivity index (χ3n) is 2.49. The SMILES string of the molecule is CC(NS(=O)(=O)c1ccc(Br)cc1Br)c1ccco1. The van der Waals surface area contributed by atoms with Crippen LogP contribution in [-0.2, 0) is 10.0 Å². The Hall–Kier alpha value is -0.630. The second-order valence-corrected chi connectivity index (χ2v) is 7.39. The first kappa shape index (κ1) is 14.8. The van der Waals surface area contributed by atoms with E-state index in [1.54, 1.807) is 31.2 Å². The minimum absolute atomic E-state index is 0.189. The Morgan fingerprint density at radius 2 is 2.00 bits per heavy atom. The summed E-state index contributed by atoms with van der Waals surface area (Å²) in [6.07, 6.45) is 1.51. The van der Waals surface area contributed by atoms with Crippen LogP contribution in [0.2, 0.25) is 0 Å². The van der Waals surface area contributed by atoms with Crippen LogP contribution in [0.3, 0.4) is 0 Å². The average molecular weight is 409 g/mol. The summed E-state index contributed by atoms with van der Waals surface area (Å²) in [7, 11) is -3.61. The van der Waals surface area contributed by atoms with Crippen molar-refractivity contribution in [2.45, 2.75) is 17.9 Å². The summed E-state index contributed by atoms with van der Waals surface area (Å²) in [5.74, 6) is 0.566. The molecule has 1 N–H and O–H groups in total. The van der Waals surface area contributed by atoms with Gasteiger partial charge in [0.25, 0.3) is 0 Å². The van der Waals surface area contributed by atoms with Crippen LogP contribution < -0.4 is 4.72 Å². The molecule has 0 amide bonds. The van der Waals surface area contributed by atoms with Crippen LogP contribution in [0.4, 0.5) is 0 Å². The molecular formula is C12H11Br2NO3S. The number of hydrogen-bond donors (Lipinski definition) is 1. The van der Waals surface area contributed by atoms with Gasteiger partial charge in [-0.2, -0.15) is 0 Å². The fraction of sp³-hybridized carbons (Fsp3) is 0.167. The lowest BCUT2D eigenvalue weighted by Gasteiger charge is -2.13. The maximum atomic E-state index is 12.3. The van der Waals surface area contributed by atoms with Crippen molar-refractivity contribution in [3.63, 3.8) is 0 Å². The lowest BCUT2D eigenvalue weighted by Crippen LogP contribution is -2.26. The maximum absolute atomic E-state index is 12.3.